The van der Waals surface area contributed by atoms with Gasteiger partial charge in [0.1, 0.15) is 17.3 Å². The van der Waals surface area contributed by atoms with Crippen LogP contribution in [0.4, 0.5) is 14.6 Å². The lowest BCUT2D eigenvalue weighted by molar-refractivity contribution is -0.112. The van der Waals surface area contributed by atoms with E-state index in [1.165, 1.54) is 32.5 Å². The minimum Gasteiger partial charge on any atom is -0.494 e. The van der Waals surface area contributed by atoms with Gasteiger partial charge in [0.05, 0.1) is 18.9 Å². The van der Waals surface area contributed by atoms with Crippen LogP contribution in [0.2, 0.25) is 0 Å². The fourth-order valence-electron chi connectivity index (χ4n) is 2.47. The molecule has 2 aromatic heterocycles. The molecule has 0 aliphatic carbocycles. The van der Waals surface area contributed by atoms with Gasteiger partial charge in [-0.15, -0.1) is 0 Å². The van der Waals surface area contributed by atoms with Crippen molar-refractivity contribution >= 4 is 23.8 Å². The maximum absolute atomic E-state index is 13.2. The standard InChI is InChI=1S/C19H20F2N6O3/c1-10(7-22)4-17(28)26-16-6-11(13(8-25-16)19(29)27-23-2)12-5-14(18(20)21)24-9-15(12)30-3/h4-9,18,22-23H,1-3H3,(H,27,29)(H,25,26,28)/b10-4-,22-7?. The van der Waals surface area contributed by atoms with Crippen molar-refractivity contribution in [2.24, 2.45) is 0 Å². The highest BCUT2D eigenvalue weighted by Gasteiger charge is 2.20. The Balaban J connectivity index is 2.62. The summed E-state index contributed by atoms with van der Waals surface area (Å²) in [5, 5.41) is 9.63. The molecule has 158 valence electrons. The number of aromatic nitrogens is 2. The third kappa shape index (κ3) is 5.41. The van der Waals surface area contributed by atoms with Crippen molar-refractivity contribution in [2.45, 2.75) is 13.3 Å². The molecule has 0 saturated heterocycles. The molecule has 2 aromatic rings. The van der Waals surface area contributed by atoms with Crippen LogP contribution in [0.1, 0.15) is 29.4 Å². The molecular formula is C19H20F2N6O3. The van der Waals surface area contributed by atoms with Gasteiger partial charge >= 0.3 is 0 Å². The van der Waals surface area contributed by atoms with E-state index in [4.69, 9.17) is 10.1 Å². The lowest BCUT2D eigenvalue weighted by Crippen LogP contribution is -2.34. The number of halogens is 2. The van der Waals surface area contributed by atoms with Gasteiger partial charge < -0.3 is 15.5 Å². The molecule has 0 fully saturated rings. The van der Waals surface area contributed by atoms with E-state index in [1.54, 1.807) is 6.92 Å². The molecule has 0 aliphatic rings. The molecule has 0 atom stereocenters. The van der Waals surface area contributed by atoms with Crippen molar-refractivity contribution in [1.29, 1.82) is 5.41 Å². The summed E-state index contributed by atoms with van der Waals surface area (Å²) < 4.78 is 31.6. The molecule has 0 unspecified atom stereocenters. The van der Waals surface area contributed by atoms with Crippen molar-refractivity contribution in [1.82, 2.24) is 20.8 Å². The van der Waals surface area contributed by atoms with Crippen LogP contribution in [0.25, 0.3) is 11.1 Å². The molecule has 9 nitrogen and oxygen atoms in total. The highest BCUT2D eigenvalue weighted by atomic mass is 19.3. The number of allylic oxidation sites excluding steroid dienone is 1. The molecule has 4 N–H and O–H groups in total. The van der Waals surface area contributed by atoms with E-state index in [1.807, 2.05) is 0 Å². The second kappa shape index (κ2) is 10.2. The number of carbonyl (C=O) groups excluding carboxylic acids is 2. The van der Waals surface area contributed by atoms with Crippen LogP contribution in [0, 0.1) is 5.41 Å². The second-order valence-electron chi connectivity index (χ2n) is 5.95. The Morgan fingerprint density at radius 3 is 2.53 bits per heavy atom. The molecule has 0 aromatic carbocycles. The highest BCUT2D eigenvalue weighted by Crippen LogP contribution is 2.35. The second-order valence-corrected chi connectivity index (χ2v) is 5.95. The first-order chi connectivity index (χ1) is 14.3. The van der Waals surface area contributed by atoms with Crippen molar-refractivity contribution in [3.8, 4) is 16.9 Å². The van der Waals surface area contributed by atoms with Gasteiger partial charge in [-0.2, -0.15) is 0 Å². The minimum atomic E-state index is -2.83. The molecule has 0 bridgehead atoms. The molecule has 11 heteroatoms. The fourth-order valence-corrected chi connectivity index (χ4v) is 2.47. The number of alkyl halides is 2. The smallest absolute Gasteiger partial charge is 0.280 e. The average molecular weight is 418 g/mol. The van der Waals surface area contributed by atoms with Crippen LogP contribution in [-0.2, 0) is 4.79 Å². The Bertz CT molecular complexity index is 994. The number of amides is 2. The number of methoxy groups -OCH3 is 1. The van der Waals surface area contributed by atoms with Crippen molar-refractivity contribution in [3.63, 3.8) is 0 Å². The number of hydrazine groups is 1. The molecule has 30 heavy (non-hydrogen) atoms. The summed E-state index contributed by atoms with van der Waals surface area (Å²) in [6.45, 7) is 1.57. The van der Waals surface area contributed by atoms with Crippen LogP contribution < -0.4 is 20.9 Å². The summed E-state index contributed by atoms with van der Waals surface area (Å²) in [5.74, 6) is -0.893. The maximum Gasteiger partial charge on any atom is 0.280 e. The SMILES string of the molecule is CNNC(=O)c1cnc(NC(=O)/C=C(/C)C=N)cc1-c1cc(C(F)F)ncc1OC. The van der Waals surface area contributed by atoms with Crippen molar-refractivity contribution in [3.05, 3.63) is 47.4 Å². The predicted octanol–water partition coefficient (Wildman–Crippen LogP) is 2.49. The van der Waals surface area contributed by atoms with E-state index < -0.39 is 23.9 Å². The Morgan fingerprint density at radius 2 is 1.93 bits per heavy atom. The van der Waals surface area contributed by atoms with Gasteiger partial charge in [-0.25, -0.2) is 19.2 Å². The number of ether oxygens (including phenoxy) is 1. The average Bonchev–Trinajstić information content (AvgIpc) is 2.73. The summed E-state index contributed by atoms with van der Waals surface area (Å²) in [6.07, 6.45) is 1.70. The van der Waals surface area contributed by atoms with E-state index >= 15 is 0 Å². The zero-order chi connectivity index (χ0) is 22.3. The van der Waals surface area contributed by atoms with Crippen LogP contribution >= 0.6 is 0 Å². The summed E-state index contributed by atoms with van der Waals surface area (Å²) in [4.78, 5) is 32.2. The number of hydrogen-bond donors (Lipinski definition) is 4. The number of nitrogens with one attached hydrogen (secondary N) is 4. The lowest BCUT2D eigenvalue weighted by Gasteiger charge is -2.15. The molecule has 0 aliphatic heterocycles. The van der Waals surface area contributed by atoms with Crippen LogP contribution in [0.15, 0.2) is 36.2 Å². The van der Waals surface area contributed by atoms with Crippen LogP contribution in [-0.4, -0.2) is 42.2 Å². The van der Waals surface area contributed by atoms with E-state index in [-0.39, 0.29) is 28.3 Å². The normalized spacial score (nSPS) is 11.2. The first-order valence-electron chi connectivity index (χ1n) is 8.60. The Morgan fingerprint density at radius 1 is 1.20 bits per heavy atom. The molecule has 0 radical (unpaired) electrons. The fraction of sp³-hybridized carbons (Fsp3) is 0.211. The Labute approximate surface area is 171 Å². The number of hydrogen-bond acceptors (Lipinski definition) is 7. The van der Waals surface area contributed by atoms with Gasteiger partial charge in [-0.3, -0.25) is 20.0 Å². The van der Waals surface area contributed by atoms with E-state index in [9.17, 15) is 18.4 Å². The van der Waals surface area contributed by atoms with Gasteiger partial charge in [-0.1, -0.05) is 0 Å². The largest absolute Gasteiger partial charge is 0.494 e. The Hall–Kier alpha value is -3.73. The van der Waals surface area contributed by atoms with Crippen molar-refractivity contribution < 1.29 is 23.1 Å². The summed E-state index contributed by atoms with van der Waals surface area (Å²) in [6, 6.07) is 2.48. The number of anilines is 1. The van der Waals surface area contributed by atoms with Crippen LogP contribution in [0.5, 0.6) is 5.75 Å². The van der Waals surface area contributed by atoms with Crippen LogP contribution in [0.3, 0.4) is 0 Å². The maximum atomic E-state index is 13.2. The topological polar surface area (TPSA) is 129 Å². The third-order valence-electron chi connectivity index (χ3n) is 3.85. The number of pyridine rings is 2. The van der Waals surface area contributed by atoms with Crippen molar-refractivity contribution in [2.75, 3.05) is 19.5 Å². The van der Waals surface area contributed by atoms with E-state index in [0.717, 1.165) is 18.5 Å². The number of rotatable bonds is 8. The number of carbonyl (C=O) groups is 2. The lowest BCUT2D eigenvalue weighted by atomic mass is 10.00. The minimum absolute atomic E-state index is 0.0540. The first kappa shape index (κ1) is 22.6. The van der Waals surface area contributed by atoms with E-state index in [2.05, 4.69) is 26.1 Å². The Kier molecular flexibility index (Phi) is 7.64. The molecule has 2 rings (SSSR count). The quantitative estimate of drug-likeness (QED) is 0.296. The zero-order valence-electron chi connectivity index (χ0n) is 16.4. The third-order valence-corrected chi connectivity index (χ3v) is 3.85. The molecular weight excluding hydrogens is 398 g/mol. The predicted molar refractivity (Wildman–Crippen MR) is 107 cm³/mol. The van der Waals surface area contributed by atoms with Gasteiger partial charge in [0.2, 0.25) is 5.91 Å². The summed E-state index contributed by atoms with van der Waals surface area (Å²) in [7, 11) is 2.82. The van der Waals surface area contributed by atoms with Gasteiger partial charge in [0.15, 0.2) is 0 Å². The summed E-state index contributed by atoms with van der Waals surface area (Å²) in [5.41, 5.74) is 5.21. The molecule has 0 spiro atoms. The first-order valence-corrected chi connectivity index (χ1v) is 8.60. The zero-order valence-corrected chi connectivity index (χ0v) is 16.4. The highest BCUT2D eigenvalue weighted by molar-refractivity contribution is 6.04. The van der Waals surface area contributed by atoms with E-state index in [0.29, 0.717) is 5.57 Å². The summed E-state index contributed by atoms with van der Waals surface area (Å²) >= 11 is 0. The molecule has 2 amide bonds. The van der Waals surface area contributed by atoms with Gasteiger partial charge in [-0.05, 0) is 24.6 Å². The van der Waals surface area contributed by atoms with Gasteiger partial charge in [0, 0.05) is 36.7 Å². The molecule has 2 heterocycles. The molecule has 0 saturated carbocycles. The monoisotopic (exact) mass is 418 g/mol. The number of nitrogens with zero attached hydrogens (tertiary/aromatic N) is 2. The van der Waals surface area contributed by atoms with Gasteiger partial charge in [0.25, 0.3) is 12.3 Å².